The van der Waals surface area contributed by atoms with Gasteiger partial charge in [-0.15, -0.1) is 23.2 Å². The first-order valence-corrected chi connectivity index (χ1v) is 7.05. The monoisotopic (exact) mass is 278 g/mol. The molecule has 0 radical (unpaired) electrons. The Balaban J connectivity index is 2.69. The molecule has 94 valence electrons. The van der Waals surface area contributed by atoms with Crippen LogP contribution in [0.1, 0.15) is 22.3 Å². The average molecular weight is 279 g/mol. The van der Waals surface area contributed by atoms with Crippen molar-refractivity contribution >= 4 is 23.2 Å². The molecule has 0 bridgehead atoms. The van der Waals surface area contributed by atoms with E-state index in [-0.39, 0.29) is 0 Å². The number of hydrogen-bond donors (Lipinski definition) is 0. The summed E-state index contributed by atoms with van der Waals surface area (Å²) in [5, 5.41) is 0. The van der Waals surface area contributed by atoms with Crippen LogP contribution < -0.4 is 0 Å². The molecule has 0 aromatic heterocycles. The van der Waals surface area contributed by atoms with Crippen LogP contribution in [0.15, 0.2) is 36.4 Å². The summed E-state index contributed by atoms with van der Waals surface area (Å²) in [4.78, 5) is 0. The van der Waals surface area contributed by atoms with Gasteiger partial charge in [0.1, 0.15) is 0 Å². The van der Waals surface area contributed by atoms with Crippen LogP contribution in [-0.2, 0) is 11.8 Å². The quantitative estimate of drug-likeness (QED) is 0.655. The molecule has 0 nitrogen and oxygen atoms in total. The number of alkyl halides is 2. The maximum atomic E-state index is 6.09. The molecule has 2 aromatic carbocycles. The summed E-state index contributed by atoms with van der Waals surface area (Å²) >= 11 is 12.2. The maximum Gasteiger partial charge on any atom is 0.0482 e. The minimum atomic E-state index is 0.525. The summed E-state index contributed by atoms with van der Waals surface area (Å²) in [6, 6.07) is 12.6. The van der Waals surface area contributed by atoms with Gasteiger partial charge in [-0.1, -0.05) is 36.4 Å². The summed E-state index contributed by atoms with van der Waals surface area (Å²) in [6.07, 6.45) is 0. The van der Waals surface area contributed by atoms with Gasteiger partial charge in [-0.3, -0.25) is 0 Å². The highest BCUT2D eigenvalue weighted by molar-refractivity contribution is 6.18. The Bertz CT molecular complexity index is 508. The standard InChI is InChI=1S/C16H16Cl2/c1-11-5-3-7-13(15(11)9-17)14-8-4-6-12(2)16(14)10-18/h3-8H,9-10H2,1-2H3. The van der Waals surface area contributed by atoms with Crippen LogP contribution in [0.2, 0.25) is 0 Å². The lowest BCUT2D eigenvalue weighted by Gasteiger charge is -2.15. The Morgan fingerprint density at radius 2 is 1.11 bits per heavy atom. The van der Waals surface area contributed by atoms with E-state index in [1.807, 2.05) is 0 Å². The Kier molecular flexibility index (Phi) is 4.31. The second-order valence-corrected chi connectivity index (χ2v) is 5.00. The third-order valence-electron chi connectivity index (χ3n) is 3.38. The third kappa shape index (κ3) is 2.41. The van der Waals surface area contributed by atoms with Crippen molar-refractivity contribution in [1.29, 1.82) is 0 Å². The van der Waals surface area contributed by atoms with Gasteiger partial charge >= 0.3 is 0 Å². The normalized spacial score (nSPS) is 10.7. The SMILES string of the molecule is Cc1cccc(-c2cccc(C)c2CCl)c1CCl. The van der Waals surface area contributed by atoms with E-state index in [9.17, 15) is 0 Å². The lowest BCUT2D eigenvalue weighted by Crippen LogP contribution is -1.95. The summed E-state index contributed by atoms with van der Waals surface area (Å²) in [5.74, 6) is 1.05. The van der Waals surface area contributed by atoms with Crippen LogP contribution >= 0.6 is 23.2 Å². The van der Waals surface area contributed by atoms with Gasteiger partial charge in [0.05, 0.1) is 0 Å². The summed E-state index contributed by atoms with van der Waals surface area (Å²) in [5.41, 5.74) is 7.23. The van der Waals surface area contributed by atoms with E-state index in [4.69, 9.17) is 23.2 Å². The minimum absolute atomic E-state index is 0.525. The zero-order valence-corrected chi connectivity index (χ0v) is 12.1. The van der Waals surface area contributed by atoms with Gasteiger partial charge in [0, 0.05) is 11.8 Å². The second kappa shape index (κ2) is 5.77. The highest BCUT2D eigenvalue weighted by Gasteiger charge is 2.11. The summed E-state index contributed by atoms with van der Waals surface area (Å²) < 4.78 is 0. The molecule has 0 spiro atoms. The van der Waals surface area contributed by atoms with Crippen LogP contribution in [0.3, 0.4) is 0 Å². The topological polar surface area (TPSA) is 0 Å². The zero-order valence-electron chi connectivity index (χ0n) is 10.6. The molecule has 0 amide bonds. The Morgan fingerprint density at radius 3 is 1.44 bits per heavy atom. The van der Waals surface area contributed by atoms with Gasteiger partial charge in [0.15, 0.2) is 0 Å². The fourth-order valence-corrected chi connectivity index (χ4v) is 2.97. The molecule has 0 aliphatic carbocycles. The predicted octanol–water partition coefficient (Wildman–Crippen LogP) is 5.45. The Labute approximate surface area is 119 Å². The van der Waals surface area contributed by atoms with Crippen LogP contribution in [0.5, 0.6) is 0 Å². The molecular weight excluding hydrogens is 263 g/mol. The van der Waals surface area contributed by atoms with Gasteiger partial charge < -0.3 is 0 Å². The minimum Gasteiger partial charge on any atom is -0.122 e. The molecule has 0 aliphatic heterocycles. The number of rotatable bonds is 3. The number of benzene rings is 2. The largest absolute Gasteiger partial charge is 0.122 e. The molecule has 2 aromatic rings. The van der Waals surface area contributed by atoms with Gasteiger partial charge in [-0.25, -0.2) is 0 Å². The lowest BCUT2D eigenvalue weighted by atomic mass is 9.92. The molecule has 0 heterocycles. The van der Waals surface area contributed by atoms with Gasteiger partial charge in [0.2, 0.25) is 0 Å². The van der Waals surface area contributed by atoms with Gasteiger partial charge in [-0.05, 0) is 47.2 Å². The lowest BCUT2D eigenvalue weighted by molar-refractivity contribution is 1.26. The maximum absolute atomic E-state index is 6.09. The number of halogens is 2. The predicted molar refractivity (Wildman–Crippen MR) is 80.5 cm³/mol. The highest BCUT2D eigenvalue weighted by Crippen LogP contribution is 2.32. The van der Waals surface area contributed by atoms with Crippen molar-refractivity contribution < 1.29 is 0 Å². The van der Waals surface area contributed by atoms with Crippen molar-refractivity contribution in [3.05, 3.63) is 58.7 Å². The molecular formula is C16H16Cl2. The number of hydrogen-bond acceptors (Lipinski definition) is 0. The van der Waals surface area contributed by atoms with Crippen LogP contribution in [0.4, 0.5) is 0 Å². The van der Waals surface area contributed by atoms with Crippen LogP contribution in [-0.4, -0.2) is 0 Å². The van der Waals surface area contributed by atoms with E-state index in [1.165, 1.54) is 33.4 Å². The van der Waals surface area contributed by atoms with Gasteiger partial charge in [-0.2, -0.15) is 0 Å². The Hall–Kier alpha value is -0.980. The second-order valence-electron chi connectivity index (χ2n) is 4.47. The van der Waals surface area contributed by atoms with E-state index in [0.717, 1.165) is 0 Å². The molecule has 0 aliphatic rings. The molecule has 2 heteroatoms. The van der Waals surface area contributed by atoms with E-state index < -0.39 is 0 Å². The van der Waals surface area contributed by atoms with Gasteiger partial charge in [0.25, 0.3) is 0 Å². The molecule has 18 heavy (non-hydrogen) atoms. The first-order valence-electron chi connectivity index (χ1n) is 5.98. The van der Waals surface area contributed by atoms with Crippen molar-refractivity contribution in [2.24, 2.45) is 0 Å². The summed E-state index contributed by atoms with van der Waals surface area (Å²) in [7, 11) is 0. The molecule has 0 N–H and O–H groups in total. The van der Waals surface area contributed by atoms with Crippen molar-refractivity contribution in [3.8, 4) is 11.1 Å². The molecule has 0 saturated heterocycles. The third-order valence-corrected chi connectivity index (χ3v) is 3.91. The van der Waals surface area contributed by atoms with Crippen molar-refractivity contribution in [2.45, 2.75) is 25.6 Å². The van der Waals surface area contributed by atoms with E-state index in [2.05, 4.69) is 50.2 Å². The van der Waals surface area contributed by atoms with E-state index >= 15 is 0 Å². The fourth-order valence-electron chi connectivity index (χ4n) is 2.26. The molecule has 0 fully saturated rings. The first kappa shape index (κ1) is 13.5. The smallest absolute Gasteiger partial charge is 0.0482 e. The molecule has 0 saturated carbocycles. The van der Waals surface area contributed by atoms with E-state index in [1.54, 1.807) is 0 Å². The average Bonchev–Trinajstić information content (AvgIpc) is 2.38. The van der Waals surface area contributed by atoms with Crippen LogP contribution in [0, 0.1) is 13.8 Å². The van der Waals surface area contributed by atoms with Crippen molar-refractivity contribution in [2.75, 3.05) is 0 Å². The van der Waals surface area contributed by atoms with Crippen molar-refractivity contribution in [1.82, 2.24) is 0 Å². The molecule has 0 unspecified atom stereocenters. The molecule has 0 atom stereocenters. The summed E-state index contributed by atoms with van der Waals surface area (Å²) in [6.45, 7) is 4.19. The van der Waals surface area contributed by atoms with Crippen molar-refractivity contribution in [3.63, 3.8) is 0 Å². The Morgan fingerprint density at radius 1 is 0.722 bits per heavy atom. The van der Waals surface area contributed by atoms with E-state index in [0.29, 0.717) is 11.8 Å². The highest BCUT2D eigenvalue weighted by atomic mass is 35.5. The fraction of sp³-hybridized carbons (Fsp3) is 0.250. The molecule has 2 rings (SSSR count). The number of aryl methyl sites for hydroxylation is 2. The van der Waals surface area contributed by atoms with Crippen LogP contribution in [0.25, 0.3) is 11.1 Å². The zero-order chi connectivity index (χ0) is 13.1. The first-order chi connectivity index (χ1) is 8.69.